The van der Waals surface area contributed by atoms with E-state index in [0.717, 1.165) is 17.1 Å². The monoisotopic (exact) mass is 231 g/mol. The topological polar surface area (TPSA) is 51.8 Å². The molecule has 3 nitrogen and oxygen atoms in total. The smallest absolute Gasteiger partial charge is 0.138 e. The molecule has 0 bridgehead atoms. The third kappa shape index (κ3) is 3.05. The van der Waals surface area contributed by atoms with Crippen LogP contribution in [-0.2, 0) is 12.3 Å². The fourth-order valence-corrected chi connectivity index (χ4v) is 2.05. The van der Waals surface area contributed by atoms with E-state index in [2.05, 4.69) is 22.1 Å². The van der Waals surface area contributed by atoms with Crippen LogP contribution < -0.4 is 5.73 Å². The molecule has 0 saturated carbocycles. The van der Waals surface area contributed by atoms with Crippen molar-refractivity contribution in [3.63, 3.8) is 0 Å². The molecule has 0 aliphatic rings. The molecule has 0 aliphatic heterocycles. The van der Waals surface area contributed by atoms with Crippen LogP contribution in [0.2, 0.25) is 0 Å². The first-order valence-corrected chi connectivity index (χ1v) is 6.05. The summed E-state index contributed by atoms with van der Waals surface area (Å²) in [5.41, 5.74) is 6.69. The van der Waals surface area contributed by atoms with Gasteiger partial charge < -0.3 is 5.73 Å². The number of hydrogen-bond donors (Lipinski definition) is 1. The zero-order chi connectivity index (χ0) is 11.2. The van der Waals surface area contributed by atoms with Crippen LogP contribution in [0.25, 0.3) is 0 Å². The number of aromatic nitrogens is 2. The molecule has 1 aromatic carbocycles. The number of benzene rings is 1. The highest BCUT2D eigenvalue weighted by molar-refractivity contribution is 7.98. The fourth-order valence-electron chi connectivity index (χ4n) is 1.27. The molecule has 0 aliphatic carbocycles. The van der Waals surface area contributed by atoms with Crippen molar-refractivity contribution in [2.24, 2.45) is 5.73 Å². The maximum absolute atomic E-state index is 5.54. The van der Waals surface area contributed by atoms with Crippen LogP contribution >= 0.6 is 11.8 Å². The Balaban J connectivity index is 1.94. The molecule has 0 atom stereocenters. The number of nitrogens with zero attached hydrogens (tertiary/aromatic N) is 2. The fraction of sp³-hybridized carbons (Fsp3) is 0.167. The molecule has 0 radical (unpaired) electrons. The minimum atomic E-state index is 0.590. The Kier molecular flexibility index (Phi) is 3.91. The Morgan fingerprint density at radius 3 is 2.38 bits per heavy atom. The third-order valence-corrected chi connectivity index (χ3v) is 3.15. The lowest BCUT2D eigenvalue weighted by molar-refractivity contribution is 1.03. The zero-order valence-electron chi connectivity index (χ0n) is 8.84. The van der Waals surface area contributed by atoms with Gasteiger partial charge in [-0.1, -0.05) is 12.1 Å². The minimum absolute atomic E-state index is 0.590. The van der Waals surface area contributed by atoms with Gasteiger partial charge in [-0.15, -0.1) is 11.8 Å². The summed E-state index contributed by atoms with van der Waals surface area (Å²) >= 11 is 1.73. The molecule has 2 rings (SSSR count). The van der Waals surface area contributed by atoms with Gasteiger partial charge in [0.25, 0.3) is 0 Å². The second-order valence-electron chi connectivity index (χ2n) is 3.30. The van der Waals surface area contributed by atoms with Crippen molar-refractivity contribution in [3.05, 3.63) is 54.1 Å². The van der Waals surface area contributed by atoms with Crippen molar-refractivity contribution >= 4 is 11.8 Å². The Labute approximate surface area is 99.1 Å². The van der Waals surface area contributed by atoms with Crippen LogP contribution in [0.1, 0.15) is 11.4 Å². The maximum atomic E-state index is 5.54. The van der Waals surface area contributed by atoms with Crippen molar-refractivity contribution in [1.82, 2.24) is 9.97 Å². The van der Waals surface area contributed by atoms with Gasteiger partial charge in [0.1, 0.15) is 5.82 Å². The summed E-state index contributed by atoms with van der Waals surface area (Å²) in [5.74, 6) is 1.65. The average molecular weight is 231 g/mol. The van der Waals surface area contributed by atoms with Crippen molar-refractivity contribution in [2.75, 3.05) is 0 Å². The molecule has 0 fully saturated rings. The van der Waals surface area contributed by atoms with Crippen LogP contribution in [0.4, 0.5) is 0 Å². The SMILES string of the molecule is NCc1ccc(SCc2ncccn2)cc1. The van der Waals surface area contributed by atoms with E-state index in [4.69, 9.17) is 5.73 Å². The molecule has 0 unspecified atom stereocenters. The predicted molar refractivity (Wildman–Crippen MR) is 65.9 cm³/mol. The standard InChI is InChI=1S/C12H13N3S/c13-8-10-2-4-11(5-3-10)16-9-12-14-6-1-7-15-12/h1-7H,8-9,13H2. The van der Waals surface area contributed by atoms with E-state index < -0.39 is 0 Å². The molecule has 1 aromatic heterocycles. The van der Waals surface area contributed by atoms with Crippen molar-refractivity contribution in [2.45, 2.75) is 17.2 Å². The van der Waals surface area contributed by atoms with Gasteiger partial charge in [-0.25, -0.2) is 9.97 Å². The predicted octanol–water partition coefficient (Wildman–Crippen LogP) is 2.23. The first kappa shape index (κ1) is 11.1. The molecule has 82 valence electrons. The molecule has 0 amide bonds. The second kappa shape index (κ2) is 5.63. The van der Waals surface area contributed by atoms with E-state index in [1.54, 1.807) is 24.2 Å². The van der Waals surface area contributed by atoms with Gasteiger partial charge in [-0.05, 0) is 23.8 Å². The summed E-state index contributed by atoms with van der Waals surface area (Å²) in [7, 11) is 0. The molecule has 16 heavy (non-hydrogen) atoms. The summed E-state index contributed by atoms with van der Waals surface area (Å²) in [6.07, 6.45) is 3.53. The second-order valence-corrected chi connectivity index (χ2v) is 4.35. The molecule has 2 aromatic rings. The molecule has 0 spiro atoms. The van der Waals surface area contributed by atoms with Crippen LogP contribution in [0.5, 0.6) is 0 Å². The van der Waals surface area contributed by atoms with Crippen molar-refractivity contribution in [3.8, 4) is 0 Å². The highest BCUT2D eigenvalue weighted by atomic mass is 32.2. The van der Waals surface area contributed by atoms with E-state index in [0.29, 0.717) is 6.54 Å². The summed E-state index contributed by atoms with van der Waals surface area (Å²) in [5, 5.41) is 0. The first-order chi connectivity index (χ1) is 7.88. The summed E-state index contributed by atoms with van der Waals surface area (Å²) in [4.78, 5) is 9.56. The Hall–Kier alpha value is -1.39. The Morgan fingerprint density at radius 1 is 1.06 bits per heavy atom. The third-order valence-electron chi connectivity index (χ3n) is 2.15. The summed E-state index contributed by atoms with van der Waals surface area (Å²) in [6, 6.07) is 10.1. The highest BCUT2D eigenvalue weighted by Crippen LogP contribution is 2.21. The van der Waals surface area contributed by atoms with Gasteiger partial charge in [0.05, 0.1) is 5.75 Å². The lowest BCUT2D eigenvalue weighted by atomic mass is 10.2. The number of thioether (sulfide) groups is 1. The summed E-state index contributed by atoms with van der Waals surface area (Å²) in [6.45, 7) is 0.590. The zero-order valence-corrected chi connectivity index (χ0v) is 9.65. The molecule has 0 saturated heterocycles. The van der Waals surface area contributed by atoms with Gasteiger partial charge in [-0.2, -0.15) is 0 Å². The molecule has 1 heterocycles. The average Bonchev–Trinajstić information content (AvgIpc) is 2.38. The normalized spacial score (nSPS) is 10.3. The minimum Gasteiger partial charge on any atom is -0.326 e. The molecular formula is C12H13N3S. The quantitative estimate of drug-likeness (QED) is 0.820. The van der Waals surface area contributed by atoms with Crippen LogP contribution in [0.3, 0.4) is 0 Å². The largest absolute Gasteiger partial charge is 0.326 e. The van der Waals surface area contributed by atoms with Crippen LogP contribution in [0, 0.1) is 0 Å². The van der Waals surface area contributed by atoms with Gasteiger partial charge in [0, 0.05) is 23.8 Å². The number of nitrogens with two attached hydrogens (primary N) is 1. The lowest BCUT2D eigenvalue weighted by Crippen LogP contribution is -1.95. The van der Waals surface area contributed by atoms with Gasteiger partial charge in [0.15, 0.2) is 0 Å². The number of hydrogen-bond acceptors (Lipinski definition) is 4. The van der Waals surface area contributed by atoms with Crippen LogP contribution in [0.15, 0.2) is 47.6 Å². The first-order valence-electron chi connectivity index (χ1n) is 5.06. The molecular weight excluding hydrogens is 218 g/mol. The summed E-state index contributed by atoms with van der Waals surface area (Å²) < 4.78 is 0. The molecule has 2 N–H and O–H groups in total. The van der Waals surface area contributed by atoms with Gasteiger partial charge in [-0.3, -0.25) is 0 Å². The van der Waals surface area contributed by atoms with E-state index in [-0.39, 0.29) is 0 Å². The Morgan fingerprint density at radius 2 is 1.75 bits per heavy atom. The van der Waals surface area contributed by atoms with Gasteiger partial charge >= 0.3 is 0 Å². The van der Waals surface area contributed by atoms with E-state index in [9.17, 15) is 0 Å². The lowest BCUT2D eigenvalue weighted by Gasteiger charge is -2.01. The van der Waals surface area contributed by atoms with E-state index in [1.807, 2.05) is 18.2 Å². The Bertz CT molecular complexity index is 428. The number of rotatable bonds is 4. The van der Waals surface area contributed by atoms with Crippen molar-refractivity contribution < 1.29 is 0 Å². The van der Waals surface area contributed by atoms with Crippen LogP contribution in [-0.4, -0.2) is 9.97 Å². The van der Waals surface area contributed by atoms with Crippen molar-refractivity contribution in [1.29, 1.82) is 0 Å². The highest BCUT2D eigenvalue weighted by Gasteiger charge is 1.98. The van der Waals surface area contributed by atoms with E-state index in [1.165, 1.54) is 4.90 Å². The van der Waals surface area contributed by atoms with E-state index >= 15 is 0 Å². The van der Waals surface area contributed by atoms with Gasteiger partial charge in [0.2, 0.25) is 0 Å². The maximum Gasteiger partial charge on any atom is 0.138 e. The molecule has 4 heteroatoms.